The molecule has 7 heteroatoms. The van der Waals surface area contributed by atoms with E-state index in [1.54, 1.807) is 10.9 Å². The molecule has 3 aromatic heterocycles. The van der Waals surface area contributed by atoms with Gasteiger partial charge in [0.2, 0.25) is 0 Å². The molecule has 1 aromatic carbocycles. The second-order valence-electron chi connectivity index (χ2n) is 6.40. The average Bonchev–Trinajstić information content (AvgIpc) is 3.32. The third-order valence-corrected chi connectivity index (χ3v) is 4.58. The van der Waals surface area contributed by atoms with Crippen molar-refractivity contribution in [1.29, 1.82) is 0 Å². The molecule has 0 aliphatic rings. The van der Waals surface area contributed by atoms with Gasteiger partial charge in [-0.15, -0.1) is 0 Å². The topological polar surface area (TPSA) is 87.6 Å². The molecule has 0 aliphatic carbocycles. The molecule has 0 spiro atoms. The molecular weight excluding hydrogens is 340 g/mol. The molecule has 0 unspecified atom stereocenters. The summed E-state index contributed by atoms with van der Waals surface area (Å²) in [5.74, 6) is 0. The van der Waals surface area contributed by atoms with E-state index in [1.807, 2.05) is 62.9 Å². The van der Waals surface area contributed by atoms with Crippen LogP contribution in [0, 0.1) is 6.92 Å². The fourth-order valence-corrected chi connectivity index (χ4v) is 3.13. The van der Waals surface area contributed by atoms with Gasteiger partial charge in [-0.05, 0) is 29.7 Å². The first-order valence-corrected chi connectivity index (χ1v) is 8.66. The number of fused-ring (bicyclic) bond motifs is 1. The van der Waals surface area contributed by atoms with Crippen LogP contribution in [0.15, 0.2) is 55.1 Å². The number of urea groups is 1. The van der Waals surface area contributed by atoms with E-state index in [4.69, 9.17) is 0 Å². The number of nitrogens with one attached hydrogen (secondary N) is 3. The van der Waals surface area contributed by atoms with Gasteiger partial charge in [0.05, 0.1) is 18.1 Å². The number of hydrogen-bond acceptors (Lipinski definition) is 3. The minimum absolute atomic E-state index is 0.268. The third-order valence-electron chi connectivity index (χ3n) is 4.58. The van der Waals surface area contributed by atoms with E-state index in [9.17, 15) is 4.79 Å². The van der Waals surface area contributed by atoms with Crippen LogP contribution in [0.3, 0.4) is 0 Å². The van der Waals surface area contributed by atoms with E-state index in [1.165, 1.54) is 0 Å². The molecule has 0 fully saturated rings. The molecule has 2 amide bonds. The van der Waals surface area contributed by atoms with Crippen molar-refractivity contribution in [3.05, 3.63) is 66.2 Å². The Bertz CT molecular complexity index is 1110. The molecule has 0 saturated heterocycles. The number of rotatable bonds is 4. The minimum atomic E-state index is -0.268. The van der Waals surface area contributed by atoms with E-state index < -0.39 is 0 Å². The standard InChI is InChI=1S/C20H20N6O/c1-13-16-7-8-21-19(16)22-11-18(13)25-20(27)23-9-14-5-3-4-6-17(14)15-10-24-26(2)12-15/h3-8,10-12H,9H2,1-2H3,(H,21,22)(H2,23,25,27). The van der Waals surface area contributed by atoms with Crippen molar-refractivity contribution in [2.75, 3.05) is 5.32 Å². The Morgan fingerprint density at radius 3 is 2.89 bits per heavy atom. The van der Waals surface area contributed by atoms with Gasteiger partial charge in [-0.3, -0.25) is 4.68 Å². The van der Waals surface area contributed by atoms with Gasteiger partial charge in [0.25, 0.3) is 0 Å². The van der Waals surface area contributed by atoms with E-state index >= 15 is 0 Å². The molecule has 7 nitrogen and oxygen atoms in total. The van der Waals surface area contributed by atoms with Crippen molar-refractivity contribution in [3.8, 4) is 11.1 Å². The second-order valence-corrected chi connectivity index (χ2v) is 6.40. The number of benzene rings is 1. The summed E-state index contributed by atoms with van der Waals surface area (Å²) in [6.45, 7) is 2.38. The summed E-state index contributed by atoms with van der Waals surface area (Å²) in [6.07, 6.45) is 7.28. The zero-order valence-corrected chi connectivity index (χ0v) is 15.2. The Hall–Kier alpha value is -3.61. The van der Waals surface area contributed by atoms with E-state index in [2.05, 4.69) is 25.7 Å². The summed E-state index contributed by atoms with van der Waals surface area (Å²) >= 11 is 0. The summed E-state index contributed by atoms with van der Waals surface area (Å²) in [4.78, 5) is 19.8. The Morgan fingerprint density at radius 1 is 1.22 bits per heavy atom. The largest absolute Gasteiger partial charge is 0.346 e. The number of carbonyl (C=O) groups excluding carboxylic acids is 1. The van der Waals surface area contributed by atoms with Gasteiger partial charge in [0.1, 0.15) is 5.65 Å². The normalized spacial score (nSPS) is 10.9. The van der Waals surface area contributed by atoms with Crippen molar-refractivity contribution in [2.45, 2.75) is 13.5 Å². The van der Waals surface area contributed by atoms with Gasteiger partial charge in [0.15, 0.2) is 0 Å². The lowest BCUT2D eigenvalue weighted by Crippen LogP contribution is -2.28. The smallest absolute Gasteiger partial charge is 0.319 e. The Morgan fingerprint density at radius 2 is 2.07 bits per heavy atom. The maximum Gasteiger partial charge on any atom is 0.319 e. The summed E-state index contributed by atoms with van der Waals surface area (Å²) < 4.78 is 1.76. The van der Waals surface area contributed by atoms with E-state index in [-0.39, 0.29) is 6.03 Å². The predicted molar refractivity (Wildman–Crippen MR) is 105 cm³/mol. The zero-order valence-electron chi connectivity index (χ0n) is 15.2. The van der Waals surface area contributed by atoms with Gasteiger partial charge in [-0.2, -0.15) is 5.10 Å². The van der Waals surface area contributed by atoms with Crippen LogP contribution in [-0.4, -0.2) is 25.8 Å². The van der Waals surface area contributed by atoms with Gasteiger partial charge < -0.3 is 15.6 Å². The number of aryl methyl sites for hydroxylation is 2. The van der Waals surface area contributed by atoms with Crippen molar-refractivity contribution >= 4 is 22.8 Å². The Kier molecular flexibility index (Phi) is 4.33. The van der Waals surface area contributed by atoms with Crippen LogP contribution >= 0.6 is 0 Å². The number of nitrogens with zero attached hydrogens (tertiary/aromatic N) is 3. The predicted octanol–water partition coefficient (Wildman–Crippen LogP) is 3.59. The molecule has 3 N–H and O–H groups in total. The fourth-order valence-electron chi connectivity index (χ4n) is 3.13. The maximum absolute atomic E-state index is 12.4. The zero-order chi connectivity index (χ0) is 18.8. The SMILES string of the molecule is Cc1c(NC(=O)NCc2ccccc2-c2cnn(C)c2)cnc2[nH]ccc12. The highest BCUT2D eigenvalue weighted by molar-refractivity contribution is 5.94. The molecule has 0 radical (unpaired) electrons. The number of hydrogen-bond donors (Lipinski definition) is 3. The van der Waals surface area contributed by atoms with Crippen molar-refractivity contribution < 1.29 is 4.79 Å². The van der Waals surface area contributed by atoms with Gasteiger partial charge in [-0.1, -0.05) is 24.3 Å². The summed E-state index contributed by atoms with van der Waals surface area (Å²) in [6, 6.07) is 9.65. The van der Waals surface area contributed by atoms with Crippen LogP contribution in [0.4, 0.5) is 10.5 Å². The van der Waals surface area contributed by atoms with Crippen LogP contribution in [0.25, 0.3) is 22.2 Å². The summed E-state index contributed by atoms with van der Waals surface area (Å²) in [5.41, 5.74) is 5.58. The maximum atomic E-state index is 12.4. The average molecular weight is 360 g/mol. The van der Waals surface area contributed by atoms with E-state index in [0.717, 1.165) is 33.3 Å². The molecule has 0 aliphatic heterocycles. The number of pyridine rings is 1. The van der Waals surface area contributed by atoms with Crippen LogP contribution in [0.1, 0.15) is 11.1 Å². The van der Waals surface area contributed by atoms with Crippen LogP contribution in [0.2, 0.25) is 0 Å². The number of H-pyrrole nitrogens is 1. The van der Waals surface area contributed by atoms with Gasteiger partial charge in [0, 0.05) is 36.9 Å². The molecular formula is C20H20N6O. The lowest BCUT2D eigenvalue weighted by molar-refractivity contribution is 0.251. The van der Waals surface area contributed by atoms with Gasteiger partial charge in [-0.25, -0.2) is 9.78 Å². The number of aromatic nitrogens is 4. The first-order chi connectivity index (χ1) is 13.1. The van der Waals surface area contributed by atoms with Crippen molar-refractivity contribution in [1.82, 2.24) is 25.1 Å². The Balaban J connectivity index is 1.47. The monoisotopic (exact) mass is 360 g/mol. The highest BCUT2D eigenvalue weighted by Gasteiger charge is 2.11. The lowest BCUT2D eigenvalue weighted by atomic mass is 10.0. The molecule has 27 heavy (non-hydrogen) atoms. The first-order valence-electron chi connectivity index (χ1n) is 8.66. The molecule has 136 valence electrons. The Labute approximate surface area is 156 Å². The molecule has 0 saturated carbocycles. The molecule has 4 rings (SSSR count). The third kappa shape index (κ3) is 3.39. The molecule has 0 bridgehead atoms. The van der Waals surface area contributed by atoms with Crippen LogP contribution in [0.5, 0.6) is 0 Å². The number of carbonyl (C=O) groups is 1. The minimum Gasteiger partial charge on any atom is -0.346 e. The molecule has 4 aromatic rings. The quantitative estimate of drug-likeness (QED) is 0.520. The molecule has 3 heterocycles. The number of amides is 2. The number of aromatic amines is 1. The van der Waals surface area contributed by atoms with Crippen molar-refractivity contribution in [2.24, 2.45) is 7.05 Å². The van der Waals surface area contributed by atoms with Crippen LogP contribution in [-0.2, 0) is 13.6 Å². The second kappa shape index (κ2) is 6.95. The van der Waals surface area contributed by atoms with E-state index in [0.29, 0.717) is 12.2 Å². The highest BCUT2D eigenvalue weighted by Crippen LogP contribution is 2.24. The fraction of sp³-hybridized carbons (Fsp3) is 0.150. The number of anilines is 1. The van der Waals surface area contributed by atoms with Gasteiger partial charge >= 0.3 is 6.03 Å². The first kappa shape index (κ1) is 16.8. The molecule has 0 atom stereocenters. The lowest BCUT2D eigenvalue weighted by Gasteiger charge is -2.12. The highest BCUT2D eigenvalue weighted by atomic mass is 16.2. The summed E-state index contributed by atoms with van der Waals surface area (Å²) in [7, 11) is 1.88. The summed E-state index contributed by atoms with van der Waals surface area (Å²) in [5, 5.41) is 11.0. The van der Waals surface area contributed by atoms with Crippen molar-refractivity contribution in [3.63, 3.8) is 0 Å². The van der Waals surface area contributed by atoms with Crippen LogP contribution < -0.4 is 10.6 Å².